The molecule has 6 aliphatic rings. The first kappa shape index (κ1) is 16.7. The minimum atomic E-state index is -0.749. The lowest BCUT2D eigenvalue weighted by atomic mass is 9.55. The van der Waals surface area contributed by atoms with Crippen molar-refractivity contribution >= 4 is 17.4 Å². The van der Waals surface area contributed by atoms with E-state index in [0.717, 1.165) is 18.7 Å². The molecule has 146 valence electrons. The molecule has 0 aromatic heterocycles. The van der Waals surface area contributed by atoms with Gasteiger partial charge in [-0.05, 0) is 37.6 Å². The number of carbonyl (C=O) groups is 2. The molecular weight excluding hydrogens is 356 g/mol. The number of phenols is 1. The maximum atomic E-state index is 13.8. The molecule has 1 aromatic carbocycles. The van der Waals surface area contributed by atoms with E-state index < -0.39 is 5.41 Å². The van der Waals surface area contributed by atoms with Gasteiger partial charge in [0.1, 0.15) is 11.5 Å². The summed E-state index contributed by atoms with van der Waals surface area (Å²) in [6.45, 7) is 2.12. The van der Waals surface area contributed by atoms with Gasteiger partial charge in [0.25, 0.3) is 0 Å². The van der Waals surface area contributed by atoms with Crippen LogP contribution in [0.3, 0.4) is 0 Å². The Labute approximate surface area is 163 Å². The van der Waals surface area contributed by atoms with E-state index in [-0.39, 0.29) is 41.4 Å². The molecule has 1 saturated carbocycles. The lowest BCUT2D eigenvalue weighted by Gasteiger charge is -2.53. The Morgan fingerprint density at radius 2 is 2.11 bits per heavy atom. The van der Waals surface area contributed by atoms with Crippen LogP contribution >= 0.6 is 0 Å². The van der Waals surface area contributed by atoms with Gasteiger partial charge >= 0.3 is 0 Å². The maximum absolute atomic E-state index is 13.8. The van der Waals surface area contributed by atoms with E-state index in [2.05, 4.69) is 18.0 Å². The van der Waals surface area contributed by atoms with E-state index in [1.165, 1.54) is 5.57 Å². The molecule has 1 aromatic rings. The van der Waals surface area contributed by atoms with Crippen LogP contribution in [0, 0.1) is 11.8 Å². The van der Waals surface area contributed by atoms with Gasteiger partial charge < -0.3 is 19.6 Å². The summed E-state index contributed by atoms with van der Waals surface area (Å²) < 4.78 is 6.17. The van der Waals surface area contributed by atoms with Crippen molar-refractivity contribution in [3.05, 3.63) is 35.4 Å². The van der Waals surface area contributed by atoms with Gasteiger partial charge in [-0.3, -0.25) is 9.59 Å². The van der Waals surface area contributed by atoms with Gasteiger partial charge in [-0.15, -0.1) is 0 Å². The fraction of sp³-hybridized carbons (Fsp3) is 0.545. The summed E-state index contributed by atoms with van der Waals surface area (Å²) in [4.78, 5) is 31.1. The van der Waals surface area contributed by atoms with Crippen molar-refractivity contribution in [3.8, 4) is 5.75 Å². The van der Waals surface area contributed by atoms with E-state index in [4.69, 9.17) is 4.74 Å². The molecule has 3 saturated heterocycles. The predicted octanol–water partition coefficient (Wildman–Crippen LogP) is 1.61. The average Bonchev–Trinajstić information content (AvgIpc) is 2.92. The summed E-state index contributed by atoms with van der Waals surface area (Å²) in [7, 11) is 2.10. The second-order valence-corrected chi connectivity index (χ2v) is 9.01. The van der Waals surface area contributed by atoms with Crippen LogP contribution in [0.25, 0.3) is 0 Å². The Bertz CT molecular complexity index is 940. The Morgan fingerprint density at radius 3 is 2.96 bits per heavy atom. The molecule has 1 aliphatic carbocycles. The highest BCUT2D eigenvalue weighted by molar-refractivity contribution is 6.07. The number of carbonyl (C=O) groups excluding carboxylic acids is 2. The van der Waals surface area contributed by atoms with Crippen molar-refractivity contribution in [3.63, 3.8) is 0 Å². The molecule has 6 nitrogen and oxygen atoms in total. The molecule has 5 heterocycles. The minimum Gasteiger partial charge on any atom is -0.506 e. The van der Waals surface area contributed by atoms with Crippen molar-refractivity contribution in [1.29, 1.82) is 0 Å². The van der Waals surface area contributed by atoms with Crippen LogP contribution < -0.4 is 4.90 Å². The third kappa shape index (κ3) is 1.85. The van der Waals surface area contributed by atoms with Gasteiger partial charge in [-0.25, -0.2) is 0 Å². The molecule has 3 unspecified atom stereocenters. The number of nitrogens with zero attached hydrogens (tertiary/aromatic N) is 2. The molecule has 28 heavy (non-hydrogen) atoms. The summed E-state index contributed by atoms with van der Waals surface area (Å²) in [6.07, 6.45) is 3.44. The zero-order valence-corrected chi connectivity index (χ0v) is 15.9. The number of likely N-dealkylation sites (N-methyl/N-ethyl adjacent to an activating group) is 1. The fourth-order valence-corrected chi connectivity index (χ4v) is 6.71. The number of piperidine rings is 1. The number of benzene rings is 1. The third-order valence-electron chi connectivity index (χ3n) is 7.80. The number of amides is 1. The maximum Gasteiger partial charge on any atom is 0.230 e. The Morgan fingerprint density at radius 1 is 1.25 bits per heavy atom. The lowest BCUT2D eigenvalue weighted by molar-refractivity contribution is -0.140. The standard InChI is InChI=1S/C22H24N2O4/c1-23-7-6-22-14-3-2-4-15(25)20(14)24-18(27)10-16-19(21(22)24)13(9-17(22)26)12(11-23)5-8-28-16/h2-5,13,16,19,21,25H,6-11H2,1H3/t13?,16?,19?,21-,22+/m0/s1. The predicted molar refractivity (Wildman–Crippen MR) is 102 cm³/mol. The van der Waals surface area contributed by atoms with Gasteiger partial charge in [-0.2, -0.15) is 0 Å². The number of hydrogen-bond donors (Lipinski definition) is 1. The van der Waals surface area contributed by atoms with Gasteiger partial charge in [0.05, 0.1) is 36.3 Å². The van der Waals surface area contributed by atoms with E-state index in [1.54, 1.807) is 17.0 Å². The second kappa shape index (κ2) is 5.45. The van der Waals surface area contributed by atoms with Crippen LogP contribution in [-0.2, 0) is 19.7 Å². The molecule has 5 atom stereocenters. The van der Waals surface area contributed by atoms with Crippen LogP contribution in [0.5, 0.6) is 5.75 Å². The van der Waals surface area contributed by atoms with Crippen molar-refractivity contribution in [2.45, 2.75) is 36.8 Å². The molecule has 4 fully saturated rings. The lowest BCUT2D eigenvalue weighted by Crippen LogP contribution is -2.66. The summed E-state index contributed by atoms with van der Waals surface area (Å²) >= 11 is 0. The third-order valence-corrected chi connectivity index (χ3v) is 7.80. The highest BCUT2D eigenvalue weighted by Gasteiger charge is 2.68. The van der Waals surface area contributed by atoms with Crippen molar-refractivity contribution in [1.82, 2.24) is 4.90 Å². The number of phenolic OH excluding ortho intramolecular Hbond substituents is 1. The quantitative estimate of drug-likeness (QED) is 0.693. The summed E-state index contributed by atoms with van der Waals surface area (Å²) in [6, 6.07) is 5.10. The van der Waals surface area contributed by atoms with E-state index in [1.807, 2.05) is 6.07 Å². The molecule has 4 bridgehead atoms. The number of rotatable bonds is 0. The monoisotopic (exact) mass is 380 g/mol. The van der Waals surface area contributed by atoms with Crippen LogP contribution in [0.15, 0.2) is 29.8 Å². The number of ketones is 1. The van der Waals surface area contributed by atoms with Gasteiger partial charge in [-0.1, -0.05) is 23.8 Å². The minimum absolute atomic E-state index is 0.0413. The molecule has 1 N–H and O–H groups in total. The number of ether oxygens (including phenoxy) is 1. The summed E-state index contributed by atoms with van der Waals surface area (Å²) in [5, 5.41) is 10.7. The summed E-state index contributed by atoms with van der Waals surface area (Å²) in [5.74, 6) is 0.455. The highest BCUT2D eigenvalue weighted by Crippen LogP contribution is 2.62. The van der Waals surface area contributed by atoms with Crippen LogP contribution in [0.1, 0.15) is 24.8 Å². The molecule has 1 amide bonds. The van der Waals surface area contributed by atoms with Crippen molar-refractivity contribution in [2.24, 2.45) is 11.8 Å². The zero-order chi connectivity index (χ0) is 19.2. The molecular formula is C22H24N2O4. The van der Waals surface area contributed by atoms with Crippen LogP contribution in [0.2, 0.25) is 0 Å². The van der Waals surface area contributed by atoms with Crippen molar-refractivity contribution < 1.29 is 19.4 Å². The van der Waals surface area contributed by atoms with Crippen LogP contribution in [0.4, 0.5) is 5.69 Å². The van der Waals surface area contributed by atoms with E-state index in [0.29, 0.717) is 31.6 Å². The SMILES string of the molecule is CN1CC[C@]23C(=O)CC4C(=CCOC5CC(=O)N(c6c(O)cccc62)[C@H]3C54)C1. The Kier molecular flexibility index (Phi) is 3.26. The number of aromatic hydroxyl groups is 1. The number of anilines is 1. The fourth-order valence-electron chi connectivity index (χ4n) is 6.71. The molecule has 1 spiro atoms. The molecule has 7 rings (SSSR count). The first-order valence-corrected chi connectivity index (χ1v) is 10.2. The average molecular weight is 380 g/mol. The molecule has 0 radical (unpaired) electrons. The highest BCUT2D eigenvalue weighted by atomic mass is 16.5. The Hall–Kier alpha value is -2.18. The Balaban J connectivity index is 1.67. The number of hydrogen-bond acceptors (Lipinski definition) is 5. The molecule has 5 aliphatic heterocycles. The molecule has 6 heteroatoms. The van der Waals surface area contributed by atoms with Crippen molar-refractivity contribution in [2.75, 3.05) is 31.6 Å². The van der Waals surface area contributed by atoms with E-state index in [9.17, 15) is 14.7 Å². The normalized spacial score (nSPS) is 39.0. The van der Waals surface area contributed by atoms with Gasteiger partial charge in [0.15, 0.2) is 0 Å². The zero-order valence-electron chi connectivity index (χ0n) is 15.9. The number of fused-ring (bicyclic) bond motifs is 6. The second-order valence-electron chi connectivity index (χ2n) is 9.01. The summed E-state index contributed by atoms with van der Waals surface area (Å²) in [5.41, 5.74) is 1.91. The smallest absolute Gasteiger partial charge is 0.230 e. The van der Waals surface area contributed by atoms with Gasteiger partial charge in [0.2, 0.25) is 5.91 Å². The first-order valence-electron chi connectivity index (χ1n) is 10.2. The van der Waals surface area contributed by atoms with Crippen LogP contribution in [-0.4, -0.2) is 60.6 Å². The van der Waals surface area contributed by atoms with Gasteiger partial charge in [0, 0.05) is 18.9 Å². The van der Waals surface area contributed by atoms with E-state index >= 15 is 0 Å². The number of para-hydroxylation sites is 1. The topological polar surface area (TPSA) is 70.1 Å². The number of Topliss-reactive ketones (excluding diaryl/α,β-unsaturated/α-hetero) is 1. The first-order chi connectivity index (χ1) is 13.5. The largest absolute Gasteiger partial charge is 0.506 e.